The predicted molar refractivity (Wildman–Crippen MR) is 95.0 cm³/mol. The Kier molecular flexibility index (Phi) is 5.53. The van der Waals surface area contributed by atoms with E-state index in [0.717, 1.165) is 12.8 Å². The largest absolute Gasteiger partial charge is 0.481 e. The van der Waals surface area contributed by atoms with Gasteiger partial charge in [-0.05, 0) is 49.2 Å². The molecule has 1 aliphatic heterocycles. The Morgan fingerprint density at radius 1 is 1.08 bits per heavy atom. The first-order valence-corrected chi connectivity index (χ1v) is 9.68. The number of benzene rings is 2. The first kappa shape index (κ1) is 18.3. The van der Waals surface area contributed by atoms with Gasteiger partial charge in [-0.15, -0.1) is 0 Å². The highest BCUT2D eigenvalue weighted by Crippen LogP contribution is 2.22. The van der Waals surface area contributed by atoms with Crippen molar-refractivity contribution < 1.29 is 22.3 Å². The molecule has 2 aromatic carbocycles. The zero-order valence-corrected chi connectivity index (χ0v) is 14.8. The van der Waals surface area contributed by atoms with Crippen molar-refractivity contribution in [2.45, 2.75) is 17.7 Å². The molecule has 0 saturated carbocycles. The number of rotatable bonds is 6. The summed E-state index contributed by atoms with van der Waals surface area (Å²) in [4.78, 5) is 12.1. The lowest BCUT2D eigenvalue weighted by atomic mass is 10.3. The molecule has 138 valence electrons. The van der Waals surface area contributed by atoms with Gasteiger partial charge in [-0.25, -0.2) is 12.8 Å². The molecule has 6 nitrogen and oxygen atoms in total. The Balaban J connectivity index is 1.58. The summed E-state index contributed by atoms with van der Waals surface area (Å²) >= 11 is 0. The summed E-state index contributed by atoms with van der Waals surface area (Å²) in [6.07, 6.45) is 1.74. The van der Waals surface area contributed by atoms with Gasteiger partial charge in [-0.1, -0.05) is 12.1 Å². The Morgan fingerprint density at radius 2 is 1.73 bits per heavy atom. The Hall–Kier alpha value is -2.45. The highest BCUT2D eigenvalue weighted by Gasteiger charge is 2.26. The van der Waals surface area contributed by atoms with Crippen LogP contribution in [-0.4, -0.2) is 38.3 Å². The number of anilines is 1. The van der Waals surface area contributed by atoms with Gasteiger partial charge in [0.05, 0.1) is 4.90 Å². The first-order chi connectivity index (χ1) is 12.5. The normalized spacial score (nSPS) is 15.0. The number of nitrogens with zero attached hydrogens (tertiary/aromatic N) is 1. The number of sulfonamides is 1. The number of halogens is 1. The molecule has 1 amide bonds. The van der Waals surface area contributed by atoms with Crippen LogP contribution in [0.4, 0.5) is 10.1 Å². The van der Waals surface area contributed by atoms with Gasteiger partial charge in [0.15, 0.2) is 18.2 Å². The third-order valence-corrected chi connectivity index (χ3v) is 5.95. The number of carbonyl (C=O) groups is 1. The monoisotopic (exact) mass is 378 g/mol. The highest BCUT2D eigenvalue weighted by molar-refractivity contribution is 7.89. The molecular weight excluding hydrogens is 359 g/mol. The van der Waals surface area contributed by atoms with Gasteiger partial charge < -0.3 is 10.1 Å². The average Bonchev–Trinajstić information content (AvgIpc) is 3.17. The molecule has 1 fully saturated rings. The molecule has 0 bridgehead atoms. The molecule has 1 aliphatic rings. The maximum absolute atomic E-state index is 13.4. The maximum atomic E-state index is 13.4. The van der Waals surface area contributed by atoms with Crippen molar-refractivity contribution in [3.05, 3.63) is 54.3 Å². The summed E-state index contributed by atoms with van der Waals surface area (Å²) in [6, 6.07) is 11.8. The van der Waals surface area contributed by atoms with Crippen LogP contribution in [0, 0.1) is 5.82 Å². The van der Waals surface area contributed by atoms with E-state index < -0.39 is 21.7 Å². The summed E-state index contributed by atoms with van der Waals surface area (Å²) in [7, 11) is -3.48. The summed E-state index contributed by atoms with van der Waals surface area (Å²) < 4.78 is 44.9. The molecule has 3 rings (SSSR count). The quantitative estimate of drug-likeness (QED) is 0.838. The lowest BCUT2D eigenvalue weighted by Gasteiger charge is -2.15. The number of amides is 1. The molecule has 1 N–H and O–H groups in total. The molecule has 1 heterocycles. The van der Waals surface area contributed by atoms with E-state index in [0.29, 0.717) is 18.8 Å². The SMILES string of the molecule is O=C(COc1ccccc1F)Nc1ccc(S(=O)(=O)N2CCCC2)cc1. The third kappa shape index (κ3) is 4.20. The smallest absolute Gasteiger partial charge is 0.262 e. The number of para-hydroxylation sites is 1. The number of ether oxygens (including phenoxy) is 1. The standard InChI is InChI=1S/C18H19FN2O4S/c19-16-5-1-2-6-17(16)25-13-18(22)20-14-7-9-15(10-8-14)26(23,24)21-11-3-4-12-21/h1-2,5-10H,3-4,11-13H2,(H,20,22). The molecular formula is C18H19FN2O4S. The molecule has 8 heteroatoms. The Bertz CT molecular complexity index is 878. The Morgan fingerprint density at radius 3 is 2.38 bits per heavy atom. The van der Waals surface area contributed by atoms with Crippen LogP contribution in [0.25, 0.3) is 0 Å². The minimum Gasteiger partial charge on any atom is -0.481 e. The van der Waals surface area contributed by atoms with E-state index in [4.69, 9.17) is 4.74 Å². The molecule has 2 aromatic rings. The zero-order valence-electron chi connectivity index (χ0n) is 14.0. The van der Waals surface area contributed by atoms with E-state index >= 15 is 0 Å². The van der Waals surface area contributed by atoms with Gasteiger partial charge in [0, 0.05) is 18.8 Å². The second-order valence-corrected chi connectivity index (χ2v) is 7.84. The fourth-order valence-corrected chi connectivity index (χ4v) is 4.21. The van der Waals surface area contributed by atoms with Gasteiger partial charge in [-0.3, -0.25) is 4.79 Å². The van der Waals surface area contributed by atoms with Crippen molar-refractivity contribution in [3.8, 4) is 5.75 Å². The summed E-state index contributed by atoms with van der Waals surface area (Å²) in [5.41, 5.74) is 0.438. The molecule has 0 aromatic heterocycles. The molecule has 0 atom stereocenters. The Labute approximate surface area is 151 Å². The van der Waals surface area contributed by atoms with Crippen LogP contribution in [-0.2, 0) is 14.8 Å². The van der Waals surface area contributed by atoms with Gasteiger partial charge in [0.25, 0.3) is 5.91 Å². The van der Waals surface area contributed by atoms with Gasteiger partial charge in [0.1, 0.15) is 0 Å². The summed E-state index contributed by atoms with van der Waals surface area (Å²) in [5, 5.41) is 2.59. The lowest BCUT2D eigenvalue weighted by molar-refractivity contribution is -0.118. The van der Waals surface area contributed by atoms with E-state index in [1.54, 1.807) is 6.07 Å². The van der Waals surface area contributed by atoms with E-state index in [9.17, 15) is 17.6 Å². The summed E-state index contributed by atoms with van der Waals surface area (Å²) in [5.74, 6) is -1.02. The average molecular weight is 378 g/mol. The molecule has 0 unspecified atom stereocenters. The number of carbonyl (C=O) groups excluding carboxylic acids is 1. The number of hydrogen-bond donors (Lipinski definition) is 1. The van der Waals surface area contributed by atoms with Crippen molar-refractivity contribution in [1.82, 2.24) is 4.31 Å². The van der Waals surface area contributed by atoms with Crippen molar-refractivity contribution >= 4 is 21.6 Å². The predicted octanol–water partition coefficient (Wildman–Crippen LogP) is 2.63. The molecule has 0 radical (unpaired) electrons. The van der Waals surface area contributed by atoms with Gasteiger partial charge in [-0.2, -0.15) is 4.31 Å². The van der Waals surface area contributed by atoms with Gasteiger partial charge in [0.2, 0.25) is 10.0 Å². The van der Waals surface area contributed by atoms with E-state index in [1.807, 2.05) is 0 Å². The van der Waals surface area contributed by atoms with E-state index in [-0.39, 0.29) is 17.3 Å². The van der Waals surface area contributed by atoms with Crippen molar-refractivity contribution in [1.29, 1.82) is 0 Å². The van der Waals surface area contributed by atoms with E-state index in [2.05, 4.69) is 5.32 Å². The van der Waals surface area contributed by atoms with Crippen molar-refractivity contribution in [3.63, 3.8) is 0 Å². The van der Waals surface area contributed by atoms with Crippen LogP contribution in [0.15, 0.2) is 53.4 Å². The minimum absolute atomic E-state index is 0.00490. The second kappa shape index (κ2) is 7.84. The molecule has 1 saturated heterocycles. The van der Waals surface area contributed by atoms with Crippen LogP contribution in [0.2, 0.25) is 0 Å². The minimum atomic E-state index is -3.48. The second-order valence-electron chi connectivity index (χ2n) is 5.90. The van der Waals surface area contributed by atoms with Crippen LogP contribution < -0.4 is 10.1 Å². The number of nitrogens with one attached hydrogen (secondary N) is 1. The van der Waals surface area contributed by atoms with Crippen molar-refractivity contribution in [2.24, 2.45) is 0 Å². The summed E-state index contributed by atoms with van der Waals surface area (Å²) in [6.45, 7) is 0.719. The number of hydrogen-bond acceptors (Lipinski definition) is 4. The van der Waals surface area contributed by atoms with Crippen LogP contribution >= 0.6 is 0 Å². The molecule has 0 aliphatic carbocycles. The maximum Gasteiger partial charge on any atom is 0.262 e. The fraction of sp³-hybridized carbons (Fsp3) is 0.278. The van der Waals surface area contributed by atoms with Crippen LogP contribution in [0.5, 0.6) is 5.75 Å². The topological polar surface area (TPSA) is 75.7 Å². The molecule has 0 spiro atoms. The third-order valence-electron chi connectivity index (χ3n) is 4.04. The van der Waals surface area contributed by atoms with Crippen LogP contribution in [0.3, 0.4) is 0 Å². The van der Waals surface area contributed by atoms with E-state index in [1.165, 1.54) is 46.8 Å². The fourth-order valence-electron chi connectivity index (χ4n) is 2.69. The zero-order chi connectivity index (χ0) is 18.6. The first-order valence-electron chi connectivity index (χ1n) is 8.24. The highest BCUT2D eigenvalue weighted by atomic mass is 32.2. The van der Waals surface area contributed by atoms with Crippen molar-refractivity contribution in [2.75, 3.05) is 25.0 Å². The lowest BCUT2D eigenvalue weighted by Crippen LogP contribution is -2.27. The van der Waals surface area contributed by atoms with Crippen LogP contribution in [0.1, 0.15) is 12.8 Å². The molecule has 26 heavy (non-hydrogen) atoms. The van der Waals surface area contributed by atoms with Gasteiger partial charge >= 0.3 is 0 Å².